The lowest BCUT2D eigenvalue weighted by atomic mass is 10.1. The van der Waals surface area contributed by atoms with Crippen LogP contribution in [0.2, 0.25) is 5.02 Å². The average molecular weight is 370 g/mol. The zero-order valence-corrected chi connectivity index (χ0v) is 14.8. The Labute approximate surface area is 156 Å². The summed E-state index contributed by atoms with van der Waals surface area (Å²) < 4.78 is 19.1. The fourth-order valence-electron chi connectivity index (χ4n) is 2.53. The SMILES string of the molecule is C[C@H](NC(=O)c1cc(Cl)ccc1Oc1cccc(F)c1)c1ccccc1. The average Bonchev–Trinajstić information content (AvgIpc) is 2.64. The maximum absolute atomic E-state index is 13.4. The Balaban J connectivity index is 1.84. The monoisotopic (exact) mass is 369 g/mol. The van der Waals surface area contributed by atoms with Crippen LogP contribution in [0.1, 0.15) is 28.9 Å². The van der Waals surface area contributed by atoms with Crippen LogP contribution in [0.5, 0.6) is 11.5 Å². The number of hydrogen-bond acceptors (Lipinski definition) is 2. The largest absolute Gasteiger partial charge is 0.456 e. The number of carbonyl (C=O) groups excluding carboxylic acids is 1. The molecule has 26 heavy (non-hydrogen) atoms. The summed E-state index contributed by atoms with van der Waals surface area (Å²) in [5.74, 6) is -0.134. The molecule has 1 atom stereocenters. The minimum Gasteiger partial charge on any atom is -0.456 e. The van der Waals surface area contributed by atoms with E-state index in [2.05, 4.69) is 5.32 Å². The number of benzene rings is 3. The molecule has 0 aromatic heterocycles. The highest BCUT2D eigenvalue weighted by molar-refractivity contribution is 6.31. The molecule has 3 aromatic carbocycles. The Hall–Kier alpha value is -2.85. The fourth-order valence-corrected chi connectivity index (χ4v) is 2.70. The fraction of sp³-hybridized carbons (Fsp3) is 0.0952. The Morgan fingerprint density at radius 3 is 2.54 bits per heavy atom. The second kappa shape index (κ2) is 8.02. The van der Waals surface area contributed by atoms with Crippen molar-refractivity contribution in [3.63, 3.8) is 0 Å². The molecule has 0 heterocycles. The minimum atomic E-state index is -0.417. The van der Waals surface area contributed by atoms with E-state index >= 15 is 0 Å². The van der Waals surface area contributed by atoms with Gasteiger partial charge in [0.1, 0.15) is 17.3 Å². The summed E-state index contributed by atoms with van der Waals surface area (Å²) in [4.78, 5) is 12.7. The van der Waals surface area contributed by atoms with Crippen molar-refractivity contribution in [2.45, 2.75) is 13.0 Å². The van der Waals surface area contributed by atoms with Gasteiger partial charge in [-0.15, -0.1) is 0 Å². The van der Waals surface area contributed by atoms with E-state index in [9.17, 15) is 9.18 Å². The first-order chi connectivity index (χ1) is 12.5. The molecular weight excluding hydrogens is 353 g/mol. The lowest BCUT2D eigenvalue weighted by Crippen LogP contribution is -2.27. The van der Waals surface area contributed by atoms with Crippen LogP contribution < -0.4 is 10.1 Å². The van der Waals surface area contributed by atoms with Gasteiger partial charge in [0, 0.05) is 11.1 Å². The van der Waals surface area contributed by atoms with Crippen LogP contribution in [0.4, 0.5) is 4.39 Å². The molecule has 0 bridgehead atoms. The highest BCUT2D eigenvalue weighted by Gasteiger charge is 2.17. The van der Waals surface area contributed by atoms with Gasteiger partial charge in [-0.05, 0) is 42.8 Å². The van der Waals surface area contributed by atoms with Gasteiger partial charge >= 0.3 is 0 Å². The van der Waals surface area contributed by atoms with Gasteiger partial charge in [-0.1, -0.05) is 48.0 Å². The van der Waals surface area contributed by atoms with E-state index in [4.69, 9.17) is 16.3 Å². The van der Waals surface area contributed by atoms with E-state index in [1.807, 2.05) is 37.3 Å². The molecule has 3 nitrogen and oxygen atoms in total. The Bertz CT molecular complexity index is 915. The molecule has 0 aliphatic heterocycles. The third kappa shape index (κ3) is 4.41. The van der Waals surface area contributed by atoms with Crippen LogP contribution in [0, 0.1) is 5.82 Å². The summed E-state index contributed by atoms with van der Waals surface area (Å²) in [7, 11) is 0. The molecule has 5 heteroatoms. The molecule has 0 saturated heterocycles. The van der Waals surface area contributed by atoms with Gasteiger partial charge in [0.05, 0.1) is 11.6 Å². The van der Waals surface area contributed by atoms with Crippen LogP contribution in [-0.4, -0.2) is 5.91 Å². The number of hydrogen-bond donors (Lipinski definition) is 1. The normalized spacial score (nSPS) is 11.7. The first kappa shape index (κ1) is 18.0. The lowest BCUT2D eigenvalue weighted by Gasteiger charge is -2.16. The van der Waals surface area contributed by atoms with Crippen LogP contribution >= 0.6 is 11.6 Å². The zero-order valence-electron chi connectivity index (χ0n) is 14.1. The van der Waals surface area contributed by atoms with E-state index < -0.39 is 5.82 Å². The van der Waals surface area contributed by atoms with Crippen molar-refractivity contribution in [3.8, 4) is 11.5 Å². The number of rotatable bonds is 5. The van der Waals surface area contributed by atoms with Crippen LogP contribution in [0.3, 0.4) is 0 Å². The van der Waals surface area contributed by atoms with Crippen molar-refractivity contribution in [1.29, 1.82) is 0 Å². The maximum Gasteiger partial charge on any atom is 0.255 e. The predicted molar refractivity (Wildman–Crippen MR) is 100 cm³/mol. The van der Waals surface area contributed by atoms with Gasteiger partial charge in [0.2, 0.25) is 0 Å². The van der Waals surface area contributed by atoms with Crippen molar-refractivity contribution in [2.75, 3.05) is 0 Å². The van der Waals surface area contributed by atoms with Gasteiger partial charge in [-0.2, -0.15) is 0 Å². The van der Waals surface area contributed by atoms with Gasteiger partial charge in [0.25, 0.3) is 5.91 Å². The van der Waals surface area contributed by atoms with Gasteiger partial charge in [-0.3, -0.25) is 4.79 Å². The Kier molecular flexibility index (Phi) is 5.54. The Morgan fingerprint density at radius 2 is 1.81 bits per heavy atom. The molecule has 1 amide bonds. The molecular formula is C21H17ClFNO2. The van der Waals surface area contributed by atoms with E-state index in [0.29, 0.717) is 16.5 Å². The van der Waals surface area contributed by atoms with Crippen LogP contribution in [0.15, 0.2) is 72.8 Å². The molecule has 0 aliphatic carbocycles. The van der Waals surface area contributed by atoms with E-state index in [1.54, 1.807) is 18.2 Å². The Morgan fingerprint density at radius 1 is 1.04 bits per heavy atom. The van der Waals surface area contributed by atoms with E-state index in [1.165, 1.54) is 24.3 Å². The maximum atomic E-state index is 13.4. The van der Waals surface area contributed by atoms with E-state index in [0.717, 1.165) is 5.56 Å². The summed E-state index contributed by atoms with van der Waals surface area (Å²) in [5.41, 5.74) is 1.26. The highest BCUT2D eigenvalue weighted by atomic mass is 35.5. The molecule has 3 aromatic rings. The first-order valence-corrected chi connectivity index (χ1v) is 8.49. The second-order valence-electron chi connectivity index (χ2n) is 5.81. The number of halogens is 2. The van der Waals surface area contributed by atoms with Crippen molar-refractivity contribution in [2.24, 2.45) is 0 Å². The van der Waals surface area contributed by atoms with Crippen molar-refractivity contribution in [3.05, 3.63) is 94.8 Å². The molecule has 0 radical (unpaired) electrons. The number of amides is 1. The van der Waals surface area contributed by atoms with Gasteiger partial charge in [0.15, 0.2) is 0 Å². The number of ether oxygens (including phenoxy) is 1. The number of carbonyl (C=O) groups is 1. The van der Waals surface area contributed by atoms with Crippen molar-refractivity contribution in [1.82, 2.24) is 5.32 Å². The van der Waals surface area contributed by atoms with Crippen molar-refractivity contribution < 1.29 is 13.9 Å². The topological polar surface area (TPSA) is 38.3 Å². The molecule has 132 valence electrons. The van der Waals surface area contributed by atoms with Crippen LogP contribution in [-0.2, 0) is 0 Å². The molecule has 0 unspecified atom stereocenters. The molecule has 0 fully saturated rings. The third-order valence-corrected chi connectivity index (χ3v) is 4.09. The molecule has 1 N–H and O–H groups in total. The quantitative estimate of drug-likeness (QED) is 0.620. The van der Waals surface area contributed by atoms with Crippen LogP contribution in [0.25, 0.3) is 0 Å². The first-order valence-electron chi connectivity index (χ1n) is 8.12. The predicted octanol–water partition coefficient (Wildman–Crippen LogP) is 5.76. The summed E-state index contributed by atoms with van der Waals surface area (Å²) >= 11 is 6.05. The summed E-state index contributed by atoms with van der Waals surface area (Å²) in [6.07, 6.45) is 0. The van der Waals surface area contributed by atoms with Crippen molar-refractivity contribution >= 4 is 17.5 Å². The molecule has 3 rings (SSSR count). The third-order valence-electron chi connectivity index (χ3n) is 3.86. The van der Waals surface area contributed by atoms with Gasteiger partial charge in [-0.25, -0.2) is 4.39 Å². The summed E-state index contributed by atoms with van der Waals surface area (Å²) in [5, 5.41) is 3.34. The standard InChI is InChI=1S/C21H17ClFNO2/c1-14(15-6-3-2-4-7-15)24-21(25)19-12-16(22)10-11-20(19)26-18-9-5-8-17(23)13-18/h2-14H,1H3,(H,24,25)/t14-/m0/s1. The molecule has 0 spiro atoms. The smallest absolute Gasteiger partial charge is 0.255 e. The molecule has 0 saturated carbocycles. The van der Waals surface area contributed by atoms with Gasteiger partial charge < -0.3 is 10.1 Å². The summed E-state index contributed by atoms with van der Waals surface area (Å²) in [6.45, 7) is 1.89. The minimum absolute atomic E-state index is 0.190. The second-order valence-corrected chi connectivity index (χ2v) is 6.24. The van der Waals surface area contributed by atoms with E-state index in [-0.39, 0.29) is 17.5 Å². The number of nitrogens with one attached hydrogen (secondary N) is 1. The summed E-state index contributed by atoms with van der Waals surface area (Å²) in [6, 6.07) is 19.9. The molecule has 0 aliphatic rings. The zero-order chi connectivity index (χ0) is 18.5. The highest BCUT2D eigenvalue weighted by Crippen LogP contribution is 2.29. The lowest BCUT2D eigenvalue weighted by molar-refractivity contribution is 0.0937.